The number of hydrogen-bond acceptors (Lipinski definition) is 6. The monoisotopic (exact) mass is 408 g/mol. The van der Waals surface area contributed by atoms with E-state index in [0.717, 1.165) is 18.8 Å². The fourth-order valence-electron chi connectivity index (χ4n) is 2.81. The molecule has 154 valence electrons. The van der Waals surface area contributed by atoms with Gasteiger partial charge in [0.1, 0.15) is 11.5 Å². The minimum Gasteiger partial charge on any atom is -0.467 e. The largest absolute Gasteiger partial charge is 0.467 e. The number of nitrogens with zero attached hydrogens (tertiary/aromatic N) is 2. The van der Waals surface area contributed by atoms with Gasteiger partial charge in [-0.1, -0.05) is 6.07 Å². The van der Waals surface area contributed by atoms with Gasteiger partial charge in [-0.25, -0.2) is 0 Å². The molecule has 28 heavy (non-hydrogen) atoms. The van der Waals surface area contributed by atoms with Gasteiger partial charge in [-0.2, -0.15) is 8.42 Å². The Morgan fingerprint density at radius 2 is 1.82 bits per heavy atom. The third kappa shape index (κ3) is 5.76. The van der Waals surface area contributed by atoms with Gasteiger partial charge in [-0.15, -0.1) is 0 Å². The lowest BCUT2D eigenvalue weighted by molar-refractivity contribution is -0.130. The van der Waals surface area contributed by atoms with Crippen LogP contribution in [-0.4, -0.2) is 38.1 Å². The molecular formula is C20H28N2O5S. The number of carbonyl (C=O) groups is 1. The highest BCUT2D eigenvalue weighted by molar-refractivity contribution is 7.87. The molecule has 0 aliphatic carbocycles. The zero-order valence-corrected chi connectivity index (χ0v) is 17.7. The van der Waals surface area contributed by atoms with Crippen LogP contribution in [0.2, 0.25) is 0 Å². The van der Waals surface area contributed by atoms with E-state index >= 15 is 0 Å². The van der Waals surface area contributed by atoms with Crippen LogP contribution in [0, 0.1) is 0 Å². The maximum Gasteiger partial charge on any atom is 0.308 e. The summed E-state index contributed by atoms with van der Waals surface area (Å²) in [5, 5.41) is 0. The molecule has 1 amide bonds. The average Bonchev–Trinajstić information content (AvgIpc) is 3.16. The Hall–Kier alpha value is -2.48. The molecule has 2 rings (SSSR count). The van der Waals surface area contributed by atoms with Crippen LogP contribution in [0.5, 0.6) is 5.75 Å². The van der Waals surface area contributed by atoms with Gasteiger partial charge in [0.25, 0.3) is 0 Å². The molecule has 8 heteroatoms. The summed E-state index contributed by atoms with van der Waals surface area (Å²) in [6.45, 7) is 9.13. The van der Waals surface area contributed by atoms with Gasteiger partial charge in [0, 0.05) is 43.9 Å². The first-order chi connectivity index (χ1) is 13.3. The number of benzene rings is 1. The van der Waals surface area contributed by atoms with Crippen molar-refractivity contribution < 1.29 is 21.8 Å². The van der Waals surface area contributed by atoms with Crippen molar-refractivity contribution in [2.45, 2.75) is 40.8 Å². The normalized spacial score (nSPS) is 11.3. The fraction of sp³-hybridized carbons (Fsp3) is 0.450. The van der Waals surface area contributed by atoms with Gasteiger partial charge in [-0.05, 0) is 39.0 Å². The number of hydrogen-bond donors (Lipinski definition) is 0. The first kappa shape index (κ1) is 21.8. The lowest BCUT2D eigenvalue weighted by Crippen LogP contribution is -2.28. The summed E-state index contributed by atoms with van der Waals surface area (Å²) in [4.78, 5) is 15.8. The van der Waals surface area contributed by atoms with E-state index in [4.69, 9.17) is 8.60 Å². The second-order valence-corrected chi connectivity index (χ2v) is 8.21. The topological polar surface area (TPSA) is 80.1 Å². The predicted octanol–water partition coefficient (Wildman–Crippen LogP) is 3.40. The smallest absolute Gasteiger partial charge is 0.308 e. The van der Waals surface area contributed by atoms with Crippen molar-refractivity contribution in [1.82, 2.24) is 4.90 Å². The van der Waals surface area contributed by atoms with Crippen LogP contribution in [0.1, 0.15) is 39.0 Å². The van der Waals surface area contributed by atoms with E-state index in [1.54, 1.807) is 29.4 Å². The van der Waals surface area contributed by atoms with E-state index < -0.39 is 10.1 Å². The van der Waals surface area contributed by atoms with Crippen LogP contribution in [0.15, 0.2) is 41.0 Å². The molecule has 0 saturated carbocycles. The van der Waals surface area contributed by atoms with Crippen molar-refractivity contribution >= 4 is 21.7 Å². The summed E-state index contributed by atoms with van der Waals surface area (Å²) >= 11 is 0. The van der Waals surface area contributed by atoms with Crippen LogP contribution in [0.25, 0.3) is 0 Å². The molecule has 0 saturated heterocycles. The second-order valence-electron chi connectivity index (χ2n) is 6.35. The number of amides is 1. The summed E-state index contributed by atoms with van der Waals surface area (Å²) in [6.07, 6.45) is 1.55. The molecular weight excluding hydrogens is 380 g/mol. The molecule has 1 heterocycles. The number of furan rings is 1. The minimum absolute atomic E-state index is 0.134. The van der Waals surface area contributed by atoms with Crippen molar-refractivity contribution in [2.75, 3.05) is 23.7 Å². The van der Waals surface area contributed by atoms with E-state index in [0.29, 0.717) is 17.9 Å². The Morgan fingerprint density at radius 3 is 2.36 bits per heavy atom. The van der Waals surface area contributed by atoms with Crippen molar-refractivity contribution in [1.29, 1.82) is 0 Å². The summed E-state index contributed by atoms with van der Waals surface area (Å²) in [5.74, 6) is 0.620. The summed E-state index contributed by atoms with van der Waals surface area (Å²) in [5.41, 5.74) is 1.49. The Kier molecular flexibility index (Phi) is 7.51. The molecule has 0 N–H and O–H groups in total. The first-order valence-electron chi connectivity index (χ1n) is 9.37. The van der Waals surface area contributed by atoms with Gasteiger partial charge < -0.3 is 18.4 Å². The highest BCUT2D eigenvalue weighted by Crippen LogP contribution is 2.29. The van der Waals surface area contributed by atoms with Gasteiger partial charge in [0.2, 0.25) is 5.91 Å². The lowest BCUT2D eigenvalue weighted by Gasteiger charge is -2.25. The predicted molar refractivity (Wildman–Crippen MR) is 109 cm³/mol. The van der Waals surface area contributed by atoms with E-state index in [2.05, 4.69) is 4.90 Å². The molecule has 0 aliphatic heterocycles. The molecule has 0 unspecified atom stereocenters. The molecule has 7 nitrogen and oxygen atoms in total. The van der Waals surface area contributed by atoms with Crippen LogP contribution in [-0.2, 0) is 28.0 Å². The highest BCUT2D eigenvalue weighted by Gasteiger charge is 2.19. The van der Waals surface area contributed by atoms with Gasteiger partial charge >= 0.3 is 10.1 Å². The quantitative estimate of drug-likeness (QED) is 0.561. The minimum atomic E-state index is -3.70. The summed E-state index contributed by atoms with van der Waals surface area (Å²) in [6, 6.07) is 9.00. The van der Waals surface area contributed by atoms with Crippen molar-refractivity contribution in [3.05, 3.63) is 47.9 Å². The second kappa shape index (κ2) is 9.64. The van der Waals surface area contributed by atoms with Crippen LogP contribution < -0.4 is 9.08 Å². The molecule has 0 aliphatic rings. The average molecular weight is 409 g/mol. The lowest BCUT2D eigenvalue weighted by atomic mass is 10.1. The molecule has 0 atom stereocenters. The Bertz CT molecular complexity index is 874. The zero-order chi connectivity index (χ0) is 20.7. The first-order valence-corrected chi connectivity index (χ1v) is 10.9. The molecule has 0 fully saturated rings. The summed E-state index contributed by atoms with van der Waals surface area (Å²) in [7, 11) is -3.70. The maximum atomic E-state index is 12.1. The van der Waals surface area contributed by atoms with Crippen LogP contribution in [0.4, 0.5) is 5.69 Å². The van der Waals surface area contributed by atoms with Gasteiger partial charge in [-0.3, -0.25) is 4.79 Å². The van der Waals surface area contributed by atoms with Crippen molar-refractivity contribution in [3.8, 4) is 5.75 Å². The van der Waals surface area contributed by atoms with E-state index in [1.165, 1.54) is 13.8 Å². The van der Waals surface area contributed by atoms with Crippen LogP contribution >= 0.6 is 0 Å². The number of carbonyl (C=O) groups excluding carboxylic acids is 1. The SMILES string of the molecule is CCN(CC)c1ccc(CN(Cc2ccco2)C(C)=O)c(OS(=O)(=O)CC)c1. The Balaban J connectivity index is 2.38. The molecule has 1 aromatic carbocycles. The van der Waals surface area contributed by atoms with Gasteiger partial charge in [0.15, 0.2) is 0 Å². The molecule has 1 aromatic heterocycles. The van der Waals surface area contributed by atoms with Crippen molar-refractivity contribution in [2.24, 2.45) is 0 Å². The zero-order valence-electron chi connectivity index (χ0n) is 16.8. The Labute approximate surface area is 167 Å². The third-order valence-corrected chi connectivity index (χ3v) is 5.62. The molecule has 0 spiro atoms. The molecule has 2 aromatic rings. The molecule has 0 radical (unpaired) electrons. The van der Waals surface area contributed by atoms with Crippen LogP contribution in [0.3, 0.4) is 0 Å². The third-order valence-electron chi connectivity index (χ3n) is 4.48. The number of rotatable bonds is 10. The fourth-order valence-corrected chi connectivity index (χ4v) is 3.35. The van der Waals surface area contributed by atoms with Crippen molar-refractivity contribution in [3.63, 3.8) is 0 Å². The maximum absolute atomic E-state index is 12.1. The molecule has 0 bridgehead atoms. The standard InChI is InChI=1S/C20H28N2O5S/c1-5-21(6-2)18-11-10-17(20(13-18)27-28(24,25)7-3)14-22(16(4)23)15-19-9-8-12-26-19/h8-13H,5-7,14-15H2,1-4H3. The van der Waals surface area contributed by atoms with E-state index in [9.17, 15) is 13.2 Å². The van der Waals surface area contributed by atoms with Gasteiger partial charge in [0.05, 0.1) is 18.6 Å². The van der Waals surface area contributed by atoms with E-state index in [1.807, 2.05) is 26.0 Å². The van der Waals surface area contributed by atoms with E-state index in [-0.39, 0.29) is 24.0 Å². The Morgan fingerprint density at radius 1 is 1.11 bits per heavy atom. The highest BCUT2D eigenvalue weighted by atomic mass is 32.2. The summed E-state index contributed by atoms with van der Waals surface area (Å²) < 4.78 is 34.9. The number of anilines is 1.